The number of thiophene rings is 1. The third kappa shape index (κ3) is 2.08. The van der Waals surface area contributed by atoms with Gasteiger partial charge in [-0.3, -0.25) is 10.1 Å². The van der Waals surface area contributed by atoms with Crippen molar-refractivity contribution in [3.05, 3.63) is 22.4 Å². The summed E-state index contributed by atoms with van der Waals surface area (Å²) in [5.41, 5.74) is 1.03. The topological polar surface area (TPSA) is 35.6 Å². The Morgan fingerprint density at radius 2 is 2.10 bits per heavy atom. The lowest BCUT2D eigenvalue weighted by atomic mass is 10.2. The number of nitrogens with one attached hydrogen (secondary N) is 1. The molecule has 2 aliphatic heterocycles. The van der Waals surface area contributed by atoms with Crippen LogP contribution in [0.25, 0.3) is 0 Å². The van der Waals surface area contributed by atoms with Crippen LogP contribution in [0.3, 0.4) is 0 Å². The van der Waals surface area contributed by atoms with Crippen molar-refractivity contribution in [1.29, 1.82) is 0 Å². The predicted molar refractivity (Wildman–Crippen MR) is 79.5 cm³/mol. The van der Waals surface area contributed by atoms with Crippen molar-refractivity contribution in [3.8, 4) is 0 Å². The first-order chi connectivity index (χ1) is 9.78. The van der Waals surface area contributed by atoms with Crippen molar-refractivity contribution in [2.24, 2.45) is 0 Å². The molecule has 0 aromatic carbocycles. The first-order valence-electron chi connectivity index (χ1n) is 7.62. The molecule has 1 aromatic rings. The fourth-order valence-electron chi connectivity index (χ4n) is 3.46. The SMILES string of the molecule is O=C1N(CCN2CCCC2)C(c2ccsc2)NC12CC2. The molecular weight excluding hydrogens is 270 g/mol. The van der Waals surface area contributed by atoms with Gasteiger partial charge in [-0.15, -0.1) is 0 Å². The Labute approximate surface area is 123 Å². The second-order valence-corrected chi connectivity index (χ2v) is 7.01. The van der Waals surface area contributed by atoms with E-state index >= 15 is 0 Å². The summed E-state index contributed by atoms with van der Waals surface area (Å²) in [6, 6.07) is 2.14. The van der Waals surface area contributed by atoms with Gasteiger partial charge in [0.15, 0.2) is 0 Å². The Morgan fingerprint density at radius 3 is 2.75 bits per heavy atom. The fraction of sp³-hybridized carbons (Fsp3) is 0.667. The van der Waals surface area contributed by atoms with E-state index in [4.69, 9.17) is 0 Å². The van der Waals surface area contributed by atoms with Crippen LogP contribution in [0.1, 0.15) is 37.4 Å². The van der Waals surface area contributed by atoms with Gasteiger partial charge in [0.25, 0.3) is 0 Å². The molecule has 4 nitrogen and oxygen atoms in total. The summed E-state index contributed by atoms with van der Waals surface area (Å²) in [7, 11) is 0. The second-order valence-electron chi connectivity index (χ2n) is 6.23. The highest BCUT2D eigenvalue weighted by Crippen LogP contribution is 2.46. The van der Waals surface area contributed by atoms with Gasteiger partial charge in [-0.05, 0) is 61.2 Å². The van der Waals surface area contributed by atoms with Gasteiger partial charge < -0.3 is 9.80 Å². The average Bonchev–Trinajstić information content (AvgIpc) is 2.90. The van der Waals surface area contributed by atoms with Crippen LogP contribution < -0.4 is 5.32 Å². The molecule has 1 atom stereocenters. The maximum Gasteiger partial charge on any atom is 0.244 e. The van der Waals surface area contributed by atoms with Gasteiger partial charge in [0, 0.05) is 13.1 Å². The number of likely N-dealkylation sites (tertiary alicyclic amines) is 1. The zero-order valence-electron chi connectivity index (χ0n) is 11.7. The maximum absolute atomic E-state index is 12.6. The molecule has 20 heavy (non-hydrogen) atoms. The molecule has 1 spiro atoms. The van der Waals surface area contributed by atoms with E-state index in [0.717, 1.165) is 25.9 Å². The molecule has 2 saturated heterocycles. The highest BCUT2D eigenvalue weighted by atomic mass is 32.1. The van der Waals surface area contributed by atoms with E-state index in [-0.39, 0.29) is 11.7 Å². The van der Waals surface area contributed by atoms with Crippen molar-refractivity contribution in [3.63, 3.8) is 0 Å². The van der Waals surface area contributed by atoms with Crippen molar-refractivity contribution >= 4 is 17.2 Å². The zero-order valence-corrected chi connectivity index (χ0v) is 12.5. The monoisotopic (exact) mass is 291 g/mol. The molecule has 1 N–H and O–H groups in total. The molecule has 1 saturated carbocycles. The summed E-state index contributed by atoms with van der Waals surface area (Å²) in [6.45, 7) is 4.27. The lowest BCUT2D eigenvalue weighted by Gasteiger charge is -2.26. The number of rotatable bonds is 4. The lowest BCUT2D eigenvalue weighted by molar-refractivity contribution is -0.131. The molecule has 3 aliphatic rings. The quantitative estimate of drug-likeness (QED) is 0.919. The minimum absolute atomic E-state index is 0.0962. The number of nitrogens with zero attached hydrogens (tertiary/aromatic N) is 2. The number of amides is 1. The van der Waals surface area contributed by atoms with E-state index in [9.17, 15) is 4.79 Å². The van der Waals surface area contributed by atoms with Gasteiger partial charge in [-0.1, -0.05) is 0 Å². The normalized spacial score (nSPS) is 28.7. The molecule has 0 bridgehead atoms. The Kier molecular flexibility index (Phi) is 3.09. The third-order valence-corrected chi connectivity index (χ3v) is 5.56. The van der Waals surface area contributed by atoms with E-state index in [1.807, 2.05) is 0 Å². The molecule has 108 valence electrons. The molecule has 5 heteroatoms. The van der Waals surface area contributed by atoms with E-state index in [1.54, 1.807) is 11.3 Å². The molecule has 3 fully saturated rings. The molecule has 1 aromatic heterocycles. The van der Waals surface area contributed by atoms with E-state index < -0.39 is 0 Å². The van der Waals surface area contributed by atoms with Crippen molar-refractivity contribution in [1.82, 2.24) is 15.1 Å². The van der Waals surface area contributed by atoms with Crippen LogP contribution >= 0.6 is 11.3 Å². The van der Waals surface area contributed by atoms with Crippen molar-refractivity contribution < 1.29 is 4.79 Å². The molecule has 1 unspecified atom stereocenters. The summed E-state index contributed by atoms with van der Waals surface area (Å²) in [5, 5.41) is 7.84. The maximum atomic E-state index is 12.6. The Balaban J connectivity index is 1.49. The van der Waals surface area contributed by atoms with Crippen LogP contribution in [0, 0.1) is 0 Å². The van der Waals surface area contributed by atoms with E-state index in [1.165, 1.54) is 31.5 Å². The minimum atomic E-state index is -0.211. The van der Waals surface area contributed by atoms with Crippen molar-refractivity contribution in [2.45, 2.75) is 37.4 Å². The van der Waals surface area contributed by atoms with Crippen LogP contribution in [0.15, 0.2) is 16.8 Å². The second kappa shape index (κ2) is 4.83. The first-order valence-corrected chi connectivity index (χ1v) is 8.56. The molecule has 1 aliphatic carbocycles. The van der Waals surface area contributed by atoms with E-state index in [0.29, 0.717) is 5.91 Å². The predicted octanol–water partition coefficient (Wildman–Crippen LogP) is 1.81. The smallest absolute Gasteiger partial charge is 0.244 e. The van der Waals surface area contributed by atoms with Crippen molar-refractivity contribution in [2.75, 3.05) is 26.2 Å². The van der Waals surface area contributed by atoms with E-state index in [2.05, 4.69) is 31.9 Å². The molecular formula is C15H21N3OS. The minimum Gasteiger partial charge on any atom is -0.320 e. The standard InChI is InChI=1S/C15H21N3OS/c19-14-15(4-5-15)16-13(12-3-10-20-11-12)18(14)9-8-17-6-1-2-7-17/h3,10-11,13,16H,1-2,4-9H2. The summed E-state index contributed by atoms with van der Waals surface area (Å²) in [5.74, 6) is 0.327. The van der Waals surface area contributed by atoms with Crippen LogP contribution in [0.4, 0.5) is 0 Å². The van der Waals surface area contributed by atoms with Gasteiger partial charge >= 0.3 is 0 Å². The highest BCUT2D eigenvalue weighted by Gasteiger charge is 2.59. The lowest BCUT2D eigenvalue weighted by Crippen LogP contribution is -2.38. The van der Waals surface area contributed by atoms with Crippen LogP contribution in [-0.2, 0) is 4.79 Å². The molecule has 4 rings (SSSR count). The summed E-state index contributed by atoms with van der Waals surface area (Å²) in [6.07, 6.45) is 4.73. The van der Waals surface area contributed by atoms with Gasteiger partial charge in [-0.2, -0.15) is 11.3 Å². The number of hydrogen-bond donors (Lipinski definition) is 1. The number of carbonyl (C=O) groups excluding carboxylic acids is 1. The van der Waals surface area contributed by atoms with Gasteiger partial charge in [0.2, 0.25) is 5.91 Å². The molecule has 3 heterocycles. The van der Waals surface area contributed by atoms with Gasteiger partial charge in [0.05, 0.1) is 0 Å². The molecule has 1 amide bonds. The number of hydrogen-bond acceptors (Lipinski definition) is 4. The van der Waals surface area contributed by atoms with Crippen LogP contribution in [-0.4, -0.2) is 47.4 Å². The Bertz CT molecular complexity index is 491. The van der Waals surface area contributed by atoms with Gasteiger partial charge in [-0.25, -0.2) is 0 Å². The first kappa shape index (κ1) is 12.8. The van der Waals surface area contributed by atoms with Gasteiger partial charge in [0.1, 0.15) is 11.7 Å². The highest BCUT2D eigenvalue weighted by molar-refractivity contribution is 7.07. The summed E-state index contributed by atoms with van der Waals surface area (Å²) in [4.78, 5) is 17.2. The summed E-state index contributed by atoms with van der Waals surface area (Å²) >= 11 is 1.71. The largest absolute Gasteiger partial charge is 0.320 e. The molecule has 0 radical (unpaired) electrons. The Hall–Kier alpha value is -0.910. The number of carbonyl (C=O) groups is 1. The van der Waals surface area contributed by atoms with Crippen LogP contribution in [0.2, 0.25) is 0 Å². The fourth-order valence-corrected chi connectivity index (χ4v) is 4.14. The Morgan fingerprint density at radius 1 is 1.30 bits per heavy atom. The van der Waals surface area contributed by atoms with Crippen LogP contribution in [0.5, 0.6) is 0 Å². The average molecular weight is 291 g/mol. The third-order valence-electron chi connectivity index (χ3n) is 4.86. The zero-order chi connectivity index (χ0) is 13.6. The summed E-state index contributed by atoms with van der Waals surface area (Å²) < 4.78 is 0.